The van der Waals surface area contributed by atoms with Crippen molar-refractivity contribution in [2.75, 3.05) is 33.4 Å². The van der Waals surface area contributed by atoms with Crippen molar-refractivity contribution in [3.8, 4) is 5.75 Å². The summed E-state index contributed by atoms with van der Waals surface area (Å²) in [6, 6.07) is 12.8. The summed E-state index contributed by atoms with van der Waals surface area (Å²) in [5.74, 6) is 0.921. The molecule has 2 aromatic carbocycles. The first-order valence-corrected chi connectivity index (χ1v) is 10.1. The van der Waals surface area contributed by atoms with Crippen molar-refractivity contribution in [2.45, 2.75) is 32.5 Å². The minimum Gasteiger partial charge on any atom is -0.496 e. The number of benzene rings is 2. The number of aliphatic hydroxyl groups is 1. The van der Waals surface area contributed by atoms with Crippen LogP contribution < -0.4 is 4.74 Å². The molecule has 0 bridgehead atoms. The van der Waals surface area contributed by atoms with Gasteiger partial charge in [-0.25, -0.2) is 4.63 Å². The SMILES string of the molecule is COc1ccc(CN2CCN(Cc3ccc4nonc4c3)CC2CCO)cc1C. The first kappa shape index (κ1) is 19.8. The number of hydrogen-bond donors (Lipinski definition) is 1. The molecule has 3 aromatic rings. The molecule has 1 saturated heterocycles. The summed E-state index contributed by atoms with van der Waals surface area (Å²) < 4.78 is 10.2. The summed E-state index contributed by atoms with van der Waals surface area (Å²) in [6.07, 6.45) is 0.776. The molecule has 154 valence electrons. The highest BCUT2D eigenvalue weighted by Crippen LogP contribution is 2.23. The minimum absolute atomic E-state index is 0.202. The van der Waals surface area contributed by atoms with Crippen molar-refractivity contribution >= 4 is 11.0 Å². The number of ether oxygens (including phenoxy) is 1. The maximum Gasteiger partial charge on any atom is 0.135 e. The second-order valence-electron chi connectivity index (χ2n) is 7.76. The van der Waals surface area contributed by atoms with Crippen LogP contribution in [0, 0.1) is 6.92 Å². The van der Waals surface area contributed by atoms with Crippen LogP contribution in [0.15, 0.2) is 41.0 Å². The number of aryl methyl sites for hydroxylation is 1. The van der Waals surface area contributed by atoms with Crippen LogP contribution in [0.3, 0.4) is 0 Å². The zero-order chi connectivity index (χ0) is 20.2. The lowest BCUT2D eigenvalue weighted by Gasteiger charge is -2.41. The van der Waals surface area contributed by atoms with Crippen LogP contribution in [0.5, 0.6) is 5.75 Å². The normalized spacial score (nSPS) is 18.4. The van der Waals surface area contributed by atoms with Gasteiger partial charge in [-0.05, 0) is 58.5 Å². The molecule has 2 heterocycles. The van der Waals surface area contributed by atoms with Gasteiger partial charge in [0.25, 0.3) is 0 Å². The van der Waals surface area contributed by atoms with Crippen molar-refractivity contribution in [1.29, 1.82) is 0 Å². The molecule has 7 heteroatoms. The third-order valence-corrected chi connectivity index (χ3v) is 5.72. The Balaban J connectivity index is 1.41. The maximum absolute atomic E-state index is 9.60. The number of hydrogen-bond acceptors (Lipinski definition) is 7. The van der Waals surface area contributed by atoms with Crippen molar-refractivity contribution in [3.63, 3.8) is 0 Å². The zero-order valence-electron chi connectivity index (χ0n) is 17.0. The summed E-state index contributed by atoms with van der Waals surface area (Å²) in [6.45, 7) is 6.93. The Bertz CT molecular complexity index is 958. The molecule has 0 saturated carbocycles. The molecule has 1 aliphatic rings. The predicted molar refractivity (Wildman–Crippen MR) is 111 cm³/mol. The molecule has 0 amide bonds. The van der Waals surface area contributed by atoms with Gasteiger partial charge in [0, 0.05) is 45.4 Å². The fraction of sp³-hybridized carbons (Fsp3) is 0.455. The molecule has 29 heavy (non-hydrogen) atoms. The van der Waals surface area contributed by atoms with E-state index < -0.39 is 0 Å². The lowest BCUT2D eigenvalue weighted by Crippen LogP contribution is -2.52. The fourth-order valence-corrected chi connectivity index (χ4v) is 4.19. The smallest absolute Gasteiger partial charge is 0.135 e. The Morgan fingerprint density at radius 2 is 1.86 bits per heavy atom. The summed E-state index contributed by atoms with van der Waals surface area (Å²) >= 11 is 0. The van der Waals surface area contributed by atoms with Gasteiger partial charge in [0.15, 0.2) is 0 Å². The first-order chi connectivity index (χ1) is 14.2. The van der Waals surface area contributed by atoms with Gasteiger partial charge < -0.3 is 9.84 Å². The molecule has 1 N–H and O–H groups in total. The van der Waals surface area contributed by atoms with Crippen LogP contribution in [0.2, 0.25) is 0 Å². The van der Waals surface area contributed by atoms with Crippen molar-refractivity contribution in [2.24, 2.45) is 0 Å². The Morgan fingerprint density at radius 1 is 1.07 bits per heavy atom. The van der Waals surface area contributed by atoms with Gasteiger partial charge >= 0.3 is 0 Å². The van der Waals surface area contributed by atoms with Crippen LogP contribution in [-0.4, -0.2) is 64.6 Å². The molecule has 0 spiro atoms. The molecular formula is C22H28N4O3. The molecule has 1 fully saturated rings. The monoisotopic (exact) mass is 396 g/mol. The van der Waals surface area contributed by atoms with Crippen LogP contribution in [0.4, 0.5) is 0 Å². The standard InChI is InChI=1S/C22H28N4O3/c1-16-11-17(4-6-22(16)28-2)14-26-9-8-25(15-19(26)7-10-27)13-18-3-5-20-21(12-18)24-29-23-20/h3-6,11-12,19,27H,7-10,13-15H2,1-2H3. The van der Waals surface area contributed by atoms with Crippen molar-refractivity contribution in [1.82, 2.24) is 20.1 Å². The molecule has 1 atom stereocenters. The molecule has 0 aliphatic carbocycles. The lowest BCUT2D eigenvalue weighted by molar-refractivity contribution is 0.0500. The van der Waals surface area contributed by atoms with E-state index in [1.807, 2.05) is 18.2 Å². The number of aromatic nitrogens is 2. The number of nitrogens with zero attached hydrogens (tertiary/aromatic N) is 4. The second-order valence-corrected chi connectivity index (χ2v) is 7.76. The fourth-order valence-electron chi connectivity index (χ4n) is 4.19. The minimum atomic E-state index is 0.202. The topological polar surface area (TPSA) is 74.9 Å². The van der Waals surface area contributed by atoms with Gasteiger partial charge in [0.05, 0.1) is 7.11 Å². The third-order valence-electron chi connectivity index (χ3n) is 5.72. The summed E-state index contributed by atoms with van der Waals surface area (Å²) in [7, 11) is 1.70. The van der Waals surface area contributed by atoms with Gasteiger partial charge in [-0.1, -0.05) is 18.2 Å². The van der Waals surface area contributed by atoms with E-state index in [2.05, 4.69) is 45.2 Å². The highest BCUT2D eigenvalue weighted by atomic mass is 16.6. The zero-order valence-corrected chi connectivity index (χ0v) is 17.0. The van der Waals surface area contributed by atoms with Crippen LogP contribution in [0.1, 0.15) is 23.1 Å². The van der Waals surface area contributed by atoms with E-state index in [4.69, 9.17) is 9.37 Å². The van der Waals surface area contributed by atoms with E-state index >= 15 is 0 Å². The predicted octanol–water partition coefficient (Wildman–Crippen LogP) is 2.61. The Hall–Kier alpha value is -2.48. The molecule has 4 rings (SSSR count). The van der Waals surface area contributed by atoms with Gasteiger partial charge in [-0.3, -0.25) is 9.80 Å². The molecule has 1 aromatic heterocycles. The van der Waals surface area contributed by atoms with E-state index in [-0.39, 0.29) is 6.61 Å². The van der Waals surface area contributed by atoms with Gasteiger partial charge in [0.2, 0.25) is 0 Å². The van der Waals surface area contributed by atoms with Gasteiger partial charge in [-0.15, -0.1) is 0 Å². The average Bonchev–Trinajstić information content (AvgIpc) is 3.18. The molecule has 1 unspecified atom stereocenters. The Labute approximate surface area is 170 Å². The van der Waals surface area contributed by atoms with Crippen LogP contribution in [-0.2, 0) is 13.1 Å². The van der Waals surface area contributed by atoms with E-state index in [1.165, 1.54) is 11.1 Å². The van der Waals surface area contributed by atoms with Crippen LogP contribution in [0.25, 0.3) is 11.0 Å². The summed E-state index contributed by atoms with van der Waals surface area (Å²) in [5.41, 5.74) is 5.22. The van der Waals surface area contributed by atoms with E-state index in [9.17, 15) is 5.11 Å². The van der Waals surface area contributed by atoms with Gasteiger partial charge in [0.1, 0.15) is 16.8 Å². The number of fused-ring (bicyclic) bond motifs is 1. The first-order valence-electron chi connectivity index (χ1n) is 10.1. The Morgan fingerprint density at radius 3 is 2.66 bits per heavy atom. The average molecular weight is 396 g/mol. The molecule has 0 radical (unpaired) electrons. The van der Waals surface area contributed by atoms with Crippen LogP contribution >= 0.6 is 0 Å². The quantitative estimate of drug-likeness (QED) is 0.658. The van der Waals surface area contributed by atoms with E-state index in [1.54, 1.807) is 7.11 Å². The summed E-state index contributed by atoms with van der Waals surface area (Å²) in [5, 5.41) is 17.4. The van der Waals surface area contributed by atoms with Crippen molar-refractivity contribution < 1.29 is 14.5 Å². The largest absolute Gasteiger partial charge is 0.496 e. The van der Waals surface area contributed by atoms with E-state index in [0.717, 1.165) is 61.5 Å². The number of rotatable bonds is 7. The number of piperazine rings is 1. The highest BCUT2D eigenvalue weighted by molar-refractivity contribution is 5.73. The number of aliphatic hydroxyl groups excluding tert-OH is 1. The molecule has 1 aliphatic heterocycles. The Kier molecular flexibility index (Phi) is 6.08. The molecular weight excluding hydrogens is 368 g/mol. The van der Waals surface area contributed by atoms with Crippen molar-refractivity contribution in [3.05, 3.63) is 53.1 Å². The van der Waals surface area contributed by atoms with Gasteiger partial charge in [-0.2, -0.15) is 0 Å². The molecule has 7 nitrogen and oxygen atoms in total. The third kappa shape index (κ3) is 4.58. The maximum atomic E-state index is 9.60. The summed E-state index contributed by atoms with van der Waals surface area (Å²) in [4.78, 5) is 4.93. The highest BCUT2D eigenvalue weighted by Gasteiger charge is 2.27. The number of methoxy groups -OCH3 is 1. The van der Waals surface area contributed by atoms with E-state index in [0.29, 0.717) is 6.04 Å². The lowest BCUT2D eigenvalue weighted by atomic mass is 10.0. The second kappa shape index (κ2) is 8.90.